The SMILES string of the molecule is COc1cccc(CN(C)CCNC(C)(C)C)c1. The minimum absolute atomic E-state index is 0.191. The van der Waals surface area contributed by atoms with E-state index in [1.54, 1.807) is 7.11 Å². The summed E-state index contributed by atoms with van der Waals surface area (Å²) >= 11 is 0. The lowest BCUT2D eigenvalue weighted by atomic mass is 10.1. The van der Waals surface area contributed by atoms with Crippen LogP contribution in [0.3, 0.4) is 0 Å². The topological polar surface area (TPSA) is 24.5 Å². The maximum atomic E-state index is 5.23. The standard InChI is InChI=1S/C15H26N2O/c1-15(2,3)16-9-10-17(4)12-13-7-6-8-14(11-13)18-5/h6-8,11,16H,9-10,12H2,1-5H3. The highest BCUT2D eigenvalue weighted by Crippen LogP contribution is 2.13. The quantitative estimate of drug-likeness (QED) is 0.839. The monoisotopic (exact) mass is 250 g/mol. The Balaban J connectivity index is 2.37. The van der Waals surface area contributed by atoms with Gasteiger partial charge in [0.2, 0.25) is 0 Å². The molecule has 0 aliphatic rings. The molecule has 0 atom stereocenters. The summed E-state index contributed by atoms with van der Waals surface area (Å²) in [7, 11) is 3.85. The van der Waals surface area contributed by atoms with Gasteiger partial charge in [0, 0.05) is 25.2 Å². The number of nitrogens with one attached hydrogen (secondary N) is 1. The van der Waals surface area contributed by atoms with Gasteiger partial charge in [-0.05, 0) is 45.5 Å². The normalized spacial score (nSPS) is 11.9. The van der Waals surface area contributed by atoms with Crippen LogP contribution in [0.15, 0.2) is 24.3 Å². The predicted molar refractivity (Wildman–Crippen MR) is 77.1 cm³/mol. The molecule has 1 aromatic carbocycles. The summed E-state index contributed by atoms with van der Waals surface area (Å²) in [6.45, 7) is 9.56. The lowest BCUT2D eigenvalue weighted by molar-refractivity contribution is 0.303. The first-order chi connectivity index (χ1) is 8.40. The fourth-order valence-corrected chi connectivity index (χ4v) is 1.78. The third-order valence-electron chi connectivity index (χ3n) is 2.74. The molecule has 0 saturated heterocycles. The summed E-state index contributed by atoms with van der Waals surface area (Å²) in [5, 5.41) is 3.49. The van der Waals surface area contributed by atoms with Gasteiger partial charge < -0.3 is 15.0 Å². The lowest BCUT2D eigenvalue weighted by Gasteiger charge is -2.23. The van der Waals surface area contributed by atoms with Crippen LogP contribution in [-0.4, -0.2) is 37.7 Å². The molecule has 1 N–H and O–H groups in total. The summed E-state index contributed by atoms with van der Waals surface area (Å²) in [6, 6.07) is 8.24. The Morgan fingerprint density at radius 1 is 1.28 bits per heavy atom. The Morgan fingerprint density at radius 2 is 2.00 bits per heavy atom. The largest absolute Gasteiger partial charge is 0.497 e. The molecule has 3 heteroatoms. The molecule has 0 aromatic heterocycles. The average Bonchev–Trinajstić information content (AvgIpc) is 2.27. The Bertz CT molecular complexity index is 358. The number of hydrogen-bond donors (Lipinski definition) is 1. The highest BCUT2D eigenvalue weighted by Gasteiger charge is 2.08. The van der Waals surface area contributed by atoms with Crippen molar-refractivity contribution in [2.24, 2.45) is 0 Å². The maximum Gasteiger partial charge on any atom is 0.119 e. The molecule has 0 heterocycles. The Hall–Kier alpha value is -1.06. The smallest absolute Gasteiger partial charge is 0.119 e. The van der Waals surface area contributed by atoms with Crippen LogP contribution >= 0.6 is 0 Å². The fraction of sp³-hybridized carbons (Fsp3) is 0.600. The molecule has 0 amide bonds. The van der Waals surface area contributed by atoms with Crippen molar-refractivity contribution >= 4 is 0 Å². The number of ether oxygens (including phenoxy) is 1. The molecule has 0 radical (unpaired) electrons. The van der Waals surface area contributed by atoms with Crippen LogP contribution in [-0.2, 0) is 6.54 Å². The number of benzene rings is 1. The minimum Gasteiger partial charge on any atom is -0.497 e. The average molecular weight is 250 g/mol. The second-order valence-corrected chi connectivity index (χ2v) is 5.77. The van der Waals surface area contributed by atoms with E-state index in [9.17, 15) is 0 Å². The van der Waals surface area contributed by atoms with Gasteiger partial charge in [-0.2, -0.15) is 0 Å². The maximum absolute atomic E-state index is 5.23. The minimum atomic E-state index is 0.191. The molecule has 0 fully saturated rings. The van der Waals surface area contributed by atoms with Gasteiger partial charge in [0.25, 0.3) is 0 Å². The van der Waals surface area contributed by atoms with Crippen molar-refractivity contribution in [2.75, 3.05) is 27.2 Å². The third-order valence-corrected chi connectivity index (χ3v) is 2.74. The van der Waals surface area contributed by atoms with Crippen LogP contribution in [0.1, 0.15) is 26.3 Å². The van der Waals surface area contributed by atoms with E-state index < -0.39 is 0 Å². The van der Waals surface area contributed by atoms with E-state index in [1.807, 2.05) is 12.1 Å². The molecule has 3 nitrogen and oxygen atoms in total. The van der Waals surface area contributed by atoms with Crippen molar-refractivity contribution < 1.29 is 4.74 Å². The summed E-state index contributed by atoms with van der Waals surface area (Å²) in [4.78, 5) is 2.31. The molecular formula is C15H26N2O. The van der Waals surface area contributed by atoms with Gasteiger partial charge in [-0.25, -0.2) is 0 Å². The van der Waals surface area contributed by atoms with Crippen LogP contribution < -0.4 is 10.1 Å². The van der Waals surface area contributed by atoms with Crippen molar-refractivity contribution in [2.45, 2.75) is 32.9 Å². The van der Waals surface area contributed by atoms with Crippen LogP contribution in [0, 0.1) is 0 Å². The molecule has 102 valence electrons. The third kappa shape index (κ3) is 6.03. The summed E-state index contributed by atoms with van der Waals surface area (Å²) in [5.74, 6) is 0.925. The fourth-order valence-electron chi connectivity index (χ4n) is 1.78. The van der Waals surface area contributed by atoms with Crippen molar-refractivity contribution in [1.82, 2.24) is 10.2 Å². The number of methoxy groups -OCH3 is 1. The van der Waals surface area contributed by atoms with Gasteiger partial charge in [0.15, 0.2) is 0 Å². The molecule has 0 unspecified atom stereocenters. The lowest BCUT2D eigenvalue weighted by Crippen LogP contribution is -2.40. The zero-order chi connectivity index (χ0) is 13.6. The molecule has 1 aromatic rings. The zero-order valence-corrected chi connectivity index (χ0v) is 12.3. The van der Waals surface area contributed by atoms with Crippen molar-refractivity contribution in [3.05, 3.63) is 29.8 Å². The van der Waals surface area contributed by atoms with Crippen LogP contribution in [0.2, 0.25) is 0 Å². The van der Waals surface area contributed by atoms with E-state index in [0.29, 0.717) is 0 Å². The summed E-state index contributed by atoms with van der Waals surface area (Å²) < 4.78 is 5.23. The van der Waals surface area contributed by atoms with Crippen LogP contribution in [0.4, 0.5) is 0 Å². The van der Waals surface area contributed by atoms with Crippen LogP contribution in [0.5, 0.6) is 5.75 Å². The van der Waals surface area contributed by atoms with E-state index in [4.69, 9.17) is 4.74 Å². The first-order valence-corrected chi connectivity index (χ1v) is 6.47. The molecule has 18 heavy (non-hydrogen) atoms. The Labute approximate surface area is 111 Å². The van der Waals surface area contributed by atoms with E-state index >= 15 is 0 Å². The van der Waals surface area contributed by atoms with Gasteiger partial charge in [-0.1, -0.05) is 12.1 Å². The first-order valence-electron chi connectivity index (χ1n) is 6.47. The predicted octanol–water partition coefficient (Wildman–Crippen LogP) is 2.52. The van der Waals surface area contributed by atoms with Crippen molar-refractivity contribution in [3.8, 4) is 5.75 Å². The Morgan fingerprint density at radius 3 is 2.61 bits per heavy atom. The number of hydrogen-bond acceptors (Lipinski definition) is 3. The molecule has 0 bridgehead atoms. The molecule has 0 aliphatic heterocycles. The highest BCUT2D eigenvalue weighted by atomic mass is 16.5. The van der Waals surface area contributed by atoms with Gasteiger partial charge >= 0.3 is 0 Å². The first kappa shape index (κ1) is 15.0. The molecule has 1 rings (SSSR count). The Kier molecular flexibility index (Phi) is 5.63. The van der Waals surface area contributed by atoms with Crippen molar-refractivity contribution in [1.29, 1.82) is 0 Å². The van der Waals surface area contributed by atoms with E-state index in [0.717, 1.165) is 25.4 Å². The highest BCUT2D eigenvalue weighted by molar-refractivity contribution is 5.28. The number of rotatable bonds is 6. The van der Waals surface area contributed by atoms with Gasteiger partial charge in [0.05, 0.1) is 7.11 Å². The van der Waals surface area contributed by atoms with Crippen LogP contribution in [0.25, 0.3) is 0 Å². The zero-order valence-electron chi connectivity index (χ0n) is 12.3. The van der Waals surface area contributed by atoms with Crippen molar-refractivity contribution in [3.63, 3.8) is 0 Å². The second kappa shape index (κ2) is 6.76. The molecule has 0 spiro atoms. The van der Waals surface area contributed by atoms with E-state index in [2.05, 4.69) is 50.2 Å². The molecule has 0 aliphatic carbocycles. The van der Waals surface area contributed by atoms with Gasteiger partial charge in [-0.15, -0.1) is 0 Å². The van der Waals surface area contributed by atoms with E-state index in [-0.39, 0.29) is 5.54 Å². The number of nitrogens with zero attached hydrogens (tertiary/aromatic N) is 1. The summed E-state index contributed by atoms with van der Waals surface area (Å²) in [5.41, 5.74) is 1.48. The second-order valence-electron chi connectivity index (χ2n) is 5.77. The summed E-state index contributed by atoms with van der Waals surface area (Å²) in [6.07, 6.45) is 0. The van der Waals surface area contributed by atoms with Gasteiger partial charge in [0.1, 0.15) is 5.75 Å². The van der Waals surface area contributed by atoms with E-state index in [1.165, 1.54) is 5.56 Å². The molecule has 0 saturated carbocycles. The molecular weight excluding hydrogens is 224 g/mol. The number of likely N-dealkylation sites (N-methyl/N-ethyl adjacent to an activating group) is 1. The van der Waals surface area contributed by atoms with Gasteiger partial charge in [-0.3, -0.25) is 0 Å².